The van der Waals surface area contributed by atoms with Gasteiger partial charge in [-0.15, -0.1) is 5.69 Å². The van der Waals surface area contributed by atoms with Gasteiger partial charge in [0.2, 0.25) is 0 Å². The molecule has 6 aromatic rings. The zero-order valence-corrected chi connectivity index (χ0v) is 20.8. The Morgan fingerprint density at radius 2 is 1.10 bits per heavy atom. The maximum atomic E-state index is 6.09. The van der Waals surface area contributed by atoms with Crippen molar-refractivity contribution in [3.05, 3.63) is 113 Å². The number of fused-ring (bicyclic) bond motifs is 6. The van der Waals surface area contributed by atoms with Crippen molar-refractivity contribution >= 4 is 55.3 Å². The molecular formula is C27H23NO2Y-4. The van der Waals surface area contributed by atoms with Gasteiger partial charge in [-0.05, 0) is 18.2 Å². The van der Waals surface area contributed by atoms with E-state index < -0.39 is 0 Å². The van der Waals surface area contributed by atoms with E-state index in [4.69, 9.17) is 14.2 Å². The summed E-state index contributed by atoms with van der Waals surface area (Å²) in [6.45, 7) is 0. The number of nitrogens with zero attached hydrogens (tertiary/aromatic N) is 1. The molecule has 2 aromatic heterocycles. The standard InChI is InChI=1S/C24H14NO2.3CH3.Y/c1-4-11-22-16(6-1)18-8-5-9-20(24(18)27-22)25-15-12-13-23-19(14-15)17-7-2-3-10-21(17)26-23;;;;/h1-14H;3*1H3;/q4*-1;. The number of para-hydroxylation sites is 3. The van der Waals surface area contributed by atoms with Gasteiger partial charge in [0.05, 0.1) is 0 Å². The van der Waals surface area contributed by atoms with Gasteiger partial charge in [-0.2, -0.15) is 0 Å². The van der Waals surface area contributed by atoms with Crippen molar-refractivity contribution in [2.75, 3.05) is 0 Å². The second-order valence-corrected chi connectivity index (χ2v) is 6.64. The molecule has 31 heavy (non-hydrogen) atoms. The monoisotopic (exact) mass is 482 g/mol. The first-order chi connectivity index (χ1) is 13.4. The zero-order chi connectivity index (χ0) is 17.8. The quantitative estimate of drug-likeness (QED) is 0.231. The minimum atomic E-state index is 0. The van der Waals surface area contributed by atoms with Crippen LogP contribution >= 0.6 is 0 Å². The molecule has 4 heteroatoms. The van der Waals surface area contributed by atoms with Crippen molar-refractivity contribution in [3.63, 3.8) is 0 Å². The van der Waals surface area contributed by atoms with Gasteiger partial charge in [0, 0.05) is 54.3 Å². The summed E-state index contributed by atoms with van der Waals surface area (Å²) >= 11 is 0. The van der Waals surface area contributed by atoms with Crippen molar-refractivity contribution in [3.8, 4) is 0 Å². The molecule has 3 nitrogen and oxygen atoms in total. The van der Waals surface area contributed by atoms with E-state index in [1.165, 1.54) is 0 Å². The van der Waals surface area contributed by atoms with Gasteiger partial charge in [-0.25, -0.2) is 0 Å². The predicted octanol–water partition coefficient (Wildman–Crippen LogP) is 9.17. The number of hydrogen-bond donors (Lipinski definition) is 0. The largest absolute Gasteiger partial charge is 0.655 e. The molecule has 0 aliphatic heterocycles. The van der Waals surface area contributed by atoms with Gasteiger partial charge in [0.1, 0.15) is 22.3 Å². The van der Waals surface area contributed by atoms with Crippen molar-refractivity contribution in [1.82, 2.24) is 0 Å². The zero-order valence-electron chi connectivity index (χ0n) is 17.9. The number of hydrogen-bond acceptors (Lipinski definition) is 2. The first kappa shape index (κ1) is 24.7. The van der Waals surface area contributed by atoms with Gasteiger partial charge in [-0.3, -0.25) is 0 Å². The van der Waals surface area contributed by atoms with Crippen LogP contribution in [0.2, 0.25) is 0 Å². The number of rotatable bonds is 2. The van der Waals surface area contributed by atoms with E-state index in [9.17, 15) is 0 Å². The molecule has 0 unspecified atom stereocenters. The third-order valence-electron chi connectivity index (χ3n) is 4.99. The summed E-state index contributed by atoms with van der Waals surface area (Å²) in [5.41, 5.74) is 5.17. The second-order valence-electron chi connectivity index (χ2n) is 6.64. The Bertz CT molecular complexity index is 1460. The summed E-state index contributed by atoms with van der Waals surface area (Å²) in [6.07, 6.45) is 0. The molecule has 0 aliphatic rings. The Hall–Kier alpha value is -2.62. The first-order valence-corrected chi connectivity index (χ1v) is 8.90. The Labute approximate surface area is 208 Å². The molecule has 0 spiro atoms. The first-order valence-electron chi connectivity index (χ1n) is 8.90. The summed E-state index contributed by atoms with van der Waals surface area (Å²) in [6, 6.07) is 28.3. The molecule has 0 atom stereocenters. The smallest absolute Gasteiger partial charge is 0.135 e. The fourth-order valence-corrected chi connectivity index (χ4v) is 3.74. The molecule has 155 valence electrons. The molecule has 0 saturated carbocycles. The van der Waals surface area contributed by atoms with Crippen LogP contribution in [0.3, 0.4) is 0 Å². The molecule has 2 heterocycles. The van der Waals surface area contributed by atoms with E-state index in [-0.39, 0.29) is 55.0 Å². The summed E-state index contributed by atoms with van der Waals surface area (Å²) in [7, 11) is 0. The van der Waals surface area contributed by atoms with Crippen LogP contribution < -0.4 is 0 Å². The SMILES string of the molecule is [CH3-].[CH3-].[CH3-].[Y].c1ccc2c(c1)oc1ccc([N-]c3cccc4c3oc3ccccc34)cc12. The van der Waals surface area contributed by atoms with E-state index in [1.54, 1.807) is 0 Å². The Balaban J connectivity index is 0.000000853. The third-order valence-corrected chi connectivity index (χ3v) is 4.99. The maximum absolute atomic E-state index is 6.09. The van der Waals surface area contributed by atoms with E-state index in [0.717, 1.165) is 55.3 Å². The topological polar surface area (TPSA) is 40.4 Å². The summed E-state index contributed by atoms with van der Waals surface area (Å²) < 4.78 is 12.0. The molecule has 4 aromatic carbocycles. The van der Waals surface area contributed by atoms with Gasteiger partial charge >= 0.3 is 0 Å². The average Bonchev–Trinajstić information content (AvgIpc) is 3.27. The summed E-state index contributed by atoms with van der Waals surface area (Å²) in [4.78, 5) is 0. The molecule has 0 amide bonds. The van der Waals surface area contributed by atoms with Gasteiger partial charge in [0.25, 0.3) is 0 Å². The van der Waals surface area contributed by atoms with Crippen LogP contribution in [-0.4, -0.2) is 0 Å². The van der Waals surface area contributed by atoms with Gasteiger partial charge in [0.15, 0.2) is 0 Å². The van der Waals surface area contributed by atoms with Crippen LogP contribution in [0.1, 0.15) is 0 Å². The minimum absolute atomic E-state index is 0. The average molecular weight is 482 g/mol. The molecule has 0 fully saturated rings. The Kier molecular flexibility index (Phi) is 7.69. The molecule has 0 aliphatic carbocycles. The molecular weight excluding hydrogens is 459 g/mol. The summed E-state index contributed by atoms with van der Waals surface area (Å²) in [5, 5.41) is 9.24. The Morgan fingerprint density at radius 3 is 1.84 bits per heavy atom. The molecule has 6 rings (SSSR count). The molecule has 0 bridgehead atoms. The van der Waals surface area contributed by atoms with Crippen LogP contribution in [0.4, 0.5) is 11.4 Å². The Morgan fingerprint density at radius 1 is 0.516 bits per heavy atom. The molecule has 1 radical (unpaired) electrons. The predicted molar refractivity (Wildman–Crippen MR) is 129 cm³/mol. The van der Waals surface area contributed by atoms with E-state index in [1.807, 2.05) is 60.7 Å². The summed E-state index contributed by atoms with van der Waals surface area (Å²) in [5.74, 6) is 0. The third kappa shape index (κ3) is 4.00. The van der Waals surface area contributed by atoms with Crippen molar-refractivity contribution in [2.45, 2.75) is 0 Å². The van der Waals surface area contributed by atoms with E-state index in [2.05, 4.69) is 24.3 Å². The van der Waals surface area contributed by atoms with Crippen LogP contribution in [0.25, 0.3) is 49.2 Å². The van der Waals surface area contributed by atoms with Crippen molar-refractivity contribution < 1.29 is 41.5 Å². The van der Waals surface area contributed by atoms with E-state index >= 15 is 0 Å². The van der Waals surface area contributed by atoms with E-state index in [0.29, 0.717) is 0 Å². The van der Waals surface area contributed by atoms with Crippen LogP contribution in [-0.2, 0) is 32.7 Å². The fraction of sp³-hybridized carbons (Fsp3) is 0. The van der Waals surface area contributed by atoms with Crippen LogP contribution in [0.5, 0.6) is 0 Å². The second kappa shape index (κ2) is 9.68. The normalized spacial score (nSPS) is 10.2. The molecule has 0 N–H and O–H groups in total. The minimum Gasteiger partial charge on any atom is -0.655 e. The molecule has 0 saturated heterocycles. The van der Waals surface area contributed by atoms with Crippen molar-refractivity contribution in [1.29, 1.82) is 0 Å². The van der Waals surface area contributed by atoms with Gasteiger partial charge < -0.3 is 36.4 Å². The number of furan rings is 2. The maximum Gasteiger partial charge on any atom is 0.135 e. The van der Waals surface area contributed by atoms with Crippen LogP contribution in [0.15, 0.2) is 93.8 Å². The fourth-order valence-electron chi connectivity index (χ4n) is 3.74. The van der Waals surface area contributed by atoms with Crippen LogP contribution in [0, 0.1) is 22.3 Å². The number of benzene rings is 4. The van der Waals surface area contributed by atoms with Crippen molar-refractivity contribution in [2.24, 2.45) is 0 Å². The van der Waals surface area contributed by atoms with Gasteiger partial charge in [-0.1, -0.05) is 72.4 Å².